The van der Waals surface area contributed by atoms with Crippen molar-refractivity contribution in [1.82, 2.24) is 5.32 Å². The molecule has 0 bridgehead atoms. The Morgan fingerprint density at radius 2 is 1.80 bits per heavy atom. The zero-order valence-corrected chi connectivity index (χ0v) is 9.30. The van der Waals surface area contributed by atoms with Gasteiger partial charge in [0.1, 0.15) is 0 Å². The second-order valence-electron chi connectivity index (χ2n) is 3.57. The molecule has 0 spiro atoms. The first-order valence-corrected chi connectivity index (χ1v) is 5.68. The van der Waals surface area contributed by atoms with E-state index in [0.717, 1.165) is 13.0 Å². The molecule has 0 aromatic heterocycles. The van der Waals surface area contributed by atoms with Crippen molar-refractivity contribution in [2.24, 2.45) is 0 Å². The molecule has 78 valence electrons. The van der Waals surface area contributed by atoms with Crippen LogP contribution in [0.25, 0.3) is 10.8 Å². The lowest BCUT2D eigenvalue weighted by Crippen LogP contribution is -2.14. The molecule has 0 unspecified atom stereocenters. The van der Waals surface area contributed by atoms with Crippen molar-refractivity contribution in [2.75, 3.05) is 12.5 Å². The fourth-order valence-electron chi connectivity index (χ4n) is 1.69. The molecule has 0 amide bonds. The zero-order valence-electron chi connectivity index (χ0n) is 8.54. The second-order valence-corrected chi connectivity index (χ2v) is 3.83. The average Bonchev–Trinajstić information content (AvgIpc) is 2.29. The van der Waals surface area contributed by atoms with Crippen LogP contribution >= 0.6 is 11.6 Å². The molecular formula is C13H14ClN. The number of alkyl halides is 1. The molecule has 1 nitrogen and oxygen atoms in total. The fourth-order valence-corrected chi connectivity index (χ4v) is 1.83. The summed E-state index contributed by atoms with van der Waals surface area (Å²) < 4.78 is 0. The Balaban J connectivity index is 2.16. The summed E-state index contributed by atoms with van der Waals surface area (Å²) in [5.74, 6) is 0. The molecule has 0 saturated carbocycles. The Morgan fingerprint density at radius 1 is 1.00 bits per heavy atom. The van der Waals surface area contributed by atoms with E-state index in [9.17, 15) is 0 Å². The van der Waals surface area contributed by atoms with Gasteiger partial charge in [-0.25, -0.2) is 0 Å². The van der Waals surface area contributed by atoms with Crippen molar-refractivity contribution in [2.45, 2.75) is 6.42 Å². The number of halogens is 1. The van der Waals surface area contributed by atoms with Crippen LogP contribution < -0.4 is 5.32 Å². The lowest BCUT2D eigenvalue weighted by molar-refractivity contribution is 0.771. The van der Waals surface area contributed by atoms with E-state index in [1.54, 1.807) is 0 Å². The van der Waals surface area contributed by atoms with Gasteiger partial charge in [0.15, 0.2) is 0 Å². The van der Waals surface area contributed by atoms with Gasteiger partial charge in [-0.2, -0.15) is 0 Å². The fraction of sp³-hybridized carbons (Fsp3) is 0.231. The lowest BCUT2D eigenvalue weighted by atomic mass is 10.1. The Bertz CT molecular complexity index is 439. The third-order valence-corrected chi connectivity index (χ3v) is 2.69. The van der Waals surface area contributed by atoms with Gasteiger partial charge in [0, 0.05) is 6.54 Å². The van der Waals surface area contributed by atoms with E-state index < -0.39 is 0 Å². The number of nitrogens with one attached hydrogen (secondary N) is 1. The van der Waals surface area contributed by atoms with E-state index in [-0.39, 0.29) is 0 Å². The van der Waals surface area contributed by atoms with Crippen molar-refractivity contribution < 1.29 is 0 Å². The van der Waals surface area contributed by atoms with Crippen LogP contribution in [0, 0.1) is 0 Å². The van der Waals surface area contributed by atoms with Gasteiger partial charge in [-0.1, -0.05) is 42.5 Å². The maximum Gasteiger partial charge on any atom is 0.0713 e. The summed E-state index contributed by atoms with van der Waals surface area (Å²) in [4.78, 5) is 0. The van der Waals surface area contributed by atoms with Crippen LogP contribution in [-0.4, -0.2) is 12.5 Å². The van der Waals surface area contributed by atoms with Gasteiger partial charge >= 0.3 is 0 Å². The first-order chi connectivity index (χ1) is 7.40. The van der Waals surface area contributed by atoms with Crippen LogP contribution in [0.4, 0.5) is 0 Å². The lowest BCUT2D eigenvalue weighted by Gasteiger charge is -2.03. The summed E-state index contributed by atoms with van der Waals surface area (Å²) in [7, 11) is 0. The van der Waals surface area contributed by atoms with Crippen molar-refractivity contribution in [3.05, 3.63) is 48.0 Å². The number of benzene rings is 2. The smallest absolute Gasteiger partial charge is 0.0713 e. The summed E-state index contributed by atoms with van der Waals surface area (Å²) in [5, 5.41) is 5.71. The molecule has 0 aliphatic rings. The summed E-state index contributed by atoms with van der Waals surface area (Å²) in [6.45, 7) is 0.932. The van der Waals surface area contributed by atoms with Gasteiger partial charge in [0.2, 0.25) is 0 Å². The first-order valence-electron chi connectivity index (χ1n) is 5.14. The van der Waals surface area contributed by atoms with E-state index in [2.05, 4.69) is 47.8 Å². The molecule has 0 atom stereocenters. The van der Waals surface area contributed by atoms with E-state index in [1.165, 1.54) is 16.3 Å². The summed E-state index contributed by atoms with van der Waals surface area (Å²) >= 11 is 5.55. The number of fused-ring (bicyclic) bond motifs is 1. The van der Waals surface area contributed by atoms with Crippen molar-refractivity contribution in [3.8, 4) is 0 Å². The van der Waals surface area contributed by atoms with Gasteiger partial charge in [-0.05, 0) is 22.8 Å². The van der Waals surface area contributed by atoms with Gasteiger partial charge in [0.05, 0.1) is 6.00 Å². The molecule has 0 radical (unpaired) electrons. The van der Waals surface area contributed by atoms with Gasteiger partial charge < -0.3 is 5.32 Å². The van der Waals surface area contributed by atoms with Crippen LogP contribution in [0.5, 0.6) is 0 Å². The Hall–Kier alpha value is -1.05. The molecule has 0 fully saturated rings. The first kappa shape index (κ1) is 10.5. The topological polar surface area (TPSA) is 12.0 Å². The maximum absolute atomic E-state index is 5.55. The van der Waals surface area contributed by atoms with Crippen LogP contribution in [-0.2, 0) is 6.42 Å². The van der Waals surface area contributed by atoms with Gasteiger partial charge in [-0.3, -0.25) is 0 Å². The van der Waals surface area contributed by atoms with E-state index in [4.69, 9.17) is 11.6 Å². The number of hydrogen-bond acceptors (Lipinski definition) is 1. The molecule has 0 aliphatic heterocycles. The van der Waals surface area contributed by atoms with Gasteiger partial charge in [0.25, 0.3) is 0 Å². The molecule has 2 rings (SSSR count). The second kappa shape index (κ2) is 5.15. The van der Waals surface area contributed by atoms with Gasteiger partial charge in [-0.15, -0.1) is 11.6 Å². The van der Waals surface area contributed by atoms with E-state index in [0.29, 0.717) is 6.00 Å². The maximum atomic E-state index is 5.55. The summed E-state index contributed by atoms with van der Waals surface area (Å²) in [6.07, 6.45) is 1.03. The third-order valence-electron chi connectivity index (χ3n) is 2.50. The molecule has 1 N–H and O–H groups in total. The summed E-state index contributed by atoms with van der Waals surface area (Å²) in [6, 6.07) is 15.5. The van der Waals surface area contributed by atoms with Crippen molar-refractivity contribution in [1.29, 1.82) is 0 Å². The molecule has 2 heteroatoms. The molecule has 2 aromatic rings. The number of hydrogen-bond donors (Lipinski definition) is 1. The standard InChI is InChI=1S/C13H14ClN/c14-10-15-8-7-11-5-6-12-3-1-2-4-13(12)9-11/h1-6,9,15H,7-8,10H2. The highest BCUT2D eigenvalue weighted by Gasteiger charge is 1.95. The zero-order chi connectivity index (χ0) is 10.5. The number of rotatable bonds is 4. The molecule has 0 saturated heterocycles. The third kappa shape index (κ3) is 2.71. The minimum atomic E-state index is 0.521. The Morgan fingerprint density at radius 3 is 2.60 bits per heavy atom. The van der Waals surface area contributed by atoms with Crippen LogP contribution in [0.15, 0.2) is 42.5 Å². The molecule has 15 heavy (non-hydrogen) atoms. The predicted octanol–water partition coefficient (Wildman–Crippen LogP) is 3.17. The highest BCUT2D eigenvalue weighted by atomic mass is 35.5. The van der Waals surface area contributed by atoms with E-state index in [1.807, 2.05) is 0 Å². The van der Waals surface area contributed by atoms with Crippen LogP contribution in [0.2, 0.25) is 0 Å². The Kier molecular flexibility index (Phi) is 3.59. The molecule has 0 heterocycles. The minimum Gasteiger partial charge on any atom is -0.304 e. The van der Waals surface area contributed by atoms with Crippen LogP contribution in [0.1, 0.15) is 5.56 Å². The highest BCUT2D eigenvalue weighted by molar-refractivity contribution is 6.17. The predicted molar refractivity (Wildman–Crippen MR) is 66.4 cm³/mol. The molecule has 0 aliphatic carbocycles. The Labute approximate surface area is 95.1 Å². The van der Waals surface area contributed by atoms with E-state index >= 15 is 0 Å². The monoisotopic (exact) mass is 219 g/mol. The average molecular weight is 220 g/mol. The largest absolute Gasteiger partial charge is 0.304 e. The normalized spacial score (nSPS) is 10.7. The van der Waals surface area contributed by atoms with Crippen LogP contribution in [0.3, 0.4) is 0 Å². The van der Waals surface area contributed by atoms with Crippen molar-refractivity contribution in [3.63, 3.8) is 0 Å². The summed E-state index contributed by atoms with van der Waals surface area (Å²) in [5.41, 5.74) is 1.35. The SMILES string of the molecule is ClCNCCc1ccc2ccccc2c1. The molecular weight excluding hydrogens is 206 g/mol. The van der Waals surface area contributed by atoms with Crippen molar-refractivity contribution >= 4 is 22.4 Å². The molecule has 2 aromatic carbocycles. The highest BCUT2D eigenvalue weighted by Crippen LogP contribution is 2.15. The minimum absolute atomic E-state index is 0.521. The quantitative estimate of drug-likeness (QED) is 0.473.